The SMILES string of the molecule is Cn1cc(CCN2CCCC(Br)C2)cn1. The first-order valence-electron chi connectivity index (χ1n) is 5.58. The van der Waals surface area contributed by atoms with Gasteiger partial charge in [-0.3, -0.25) is 4.68 Å². The van der Waals surface area contributed by atoms with Gasteiger partial charge in [-0.25, -0.2) is 0 Å². The van der Waals surface area contributed by atoms with Gasteiger partial charge in [0.25, 0.3) is 0 Å². The van der Waals surface area contributed by atoms with Crippen LogP contribution in [0.4, 0.5) is 0 Å². The molecule has 1 atom stereocenters. The molecule has 0 aromatic carbocycles. The van der Waals surface area contributed by atoms with Crippen LogP contribution in [0.3, 0.4) is 0 Å². The zero-order chi connectivity index (χ0) is 10.7. The van der Waals surface area contributed by atoms with Crippen molar-refractivity contribution < 1.29 is 0 Å². The normalized spacial score (nSPS) is 23.2. The lowest BCUT2D eigenvalue weighted by atomic mass is 10.1. The molecule has 4 heteroatoms. The van der Waals surface area contributed by atoms with Crippen molar-refractivity contribution in [1.29, 1.82) is 0 Å². The number of aryl methyl sites for hydroxylation is 1. The topological polar surface area (TPSA) is 21.1 Å². The number of rotatable bonds is 3. The minimum absolute atomic E-state index is 0.695. The largest absolute Gasteiger partial charge is 0.302 e. The van der Waals surface area contributed by atoms with Crippen LogP contribution in [0.25, 0.3) is 0 Å². The summed E-state index contributed by atoms with van der Waals surface area (Å²) in [5, 5.41) is 4.18. The molecule has 0 bridgehead atoms. The highest BCUT2D eigenvalue weighted by atomic mass is 79.9. The summed E-state index contributed by atoms with van der Waals surface area (Å²) >= 11 is 3.70. The molecule has 1 aromatic rings. The maximum Gasteiger partial charge on any atom is 0.0522 e. The van der Waals surface area contributed by atoms with Crippen LogP contribution >= 0.6 is 15.9 Å². The lowest BCUT2D eigenvalue weighted by molar-refractivity contribution is 0.238. The van der Waals surface area contributed by atoms with Gasteiger partial charge in [0.2, 0.25) is 0 Å². The van der Waals surface area contributed by atoms with E-state index in [1.807, 2.05) is 17.9 Å². The van der Waals surface area contributed by atoms with Crippen molar-refractivity contribution in [2.75, 3.05) is 19.6 Å². The summed E-state index contributed by atoms with van der Waals surface area (Å²) in [5.41, 5.74) is 1.34. The van der Waals surface area contributed by atoms with E-state index in [0.717, 1.165) is 13.0 Å². The van der Waals surface area contributed by atoms with Crippen molar-refractivity contribution >= 4 is 15.9 Å². The lowest BCUT2D eigenvalue weighted by Gasteiger charge is -2.29. The molecule has 1 fully saturated rings. The van der Waals surface area contributed by atoms with Crippen LogP contribution in [-0.2, 0) is 13.5 Å². The minimum atomic E-state index is 0.695. The standard InChI is InChI=1S/C11H18BrN3/c1-14-8-10(7-13-14)4-6-15-5-2-3-11(12)9-15/h7-8,11H,2-6,9H2,1H3. The number of nitrogens with zero attached hydrogens (tertiary/aromatic N) is 3. The number of alkyl halides is 1. The molecule has 84 valence electrons. The van der Waals surface area contributed by atoms with Crippen molar-refractivity contribution in [1.82, 2.24) is 14.7 Å². The fourth-order valence-electron chi connectivity index (χ4n) is 2.09. The van der Waals surface area contributed by atoms with Gasteiger partial charge in [-0.1, -0.05) is 15.9 Å². The van der Waals surface area contributed by atoms with Crippen LogP contribution in [0, 0.1) is 0 Å². The Morgan fingerprint density at radius 2 is 2.47 bits per heavy atom. The van der Waals surface area contributed by atoms with E-state index >= 15 is 0 Å². The van der Waals surface area contributed by atoms with E-state index in [2.05, 4.69) is 32.1 Å². The van der Waals surface area contributed by atoms with Crippen LogP contribution in [-0.4, -0.2) is 39.1 Å². The minimum Gasteiger partial charge on any atom is -0.302 e. The quantitative estimate of drug-likeness (QED) is 0.783. The highest BCUT2D eigenvalue weighted by Gasteiger charge is 2.16. The van der Waals surface area contributed by atoms with Gasteiger partial charge in [-0.2, -0.15) is 5.10 Å². The van der Waals surface area contributed by atoms with Gasteiger partial charge in [0.1, 0.15) is 0 Å². The number of halogens is 1. The van der Waals surface area contributed by atoms with Gasteiger partial charge in [0.05, 0.1) is 6.20 Å². The molecule has 1 aliphatic rings. The first-order chi connectivity index (χ1) is 7.24. The molecular formula is C11H18BrN3. The van der Waals surface area contributed by atoms with Crippen molar-refractivity contribution in [3.05, 3.63) is 18.0 Å². The van der Waals surface area contributed by atoms with Gasteiger partial charge < -0.3 is 4.90 Å². The van der Waals surface area contributed by atoms with Gasteiger partial charge >= 0.3 is 0 Å². The number of likely N-dealkylation sites (tertiary alicyclic amines) is 1. The predicted octanol–water partition coefficient (Wildman–Crippen LogP) is 1.82. The van der Waals surface area contributed by atoms with Crippen LogP contribution in [0.1, 0.15) is 18.4 Å². The summed E-state index contributed by atoms with van der Waals surface area (Å²) in [6.45, 7) is 3.61. The van der Waals surface area contributed by atoms with Gasteiger partial charge in [-0.05, 0) is 31.4 Å². The molecule has 0 spiro atoms. The smallest absolute Gasteiger partial charge is 0.0522 e. The Balaban J connectivity index is 1.77. The molecule has 15 heavy (non-hydrogen) atoms. The van der Waals surface area contributed by atoms with E-state index < -0.39 is 0 Å². The van der Waals surface area contributed by atoms with E-state index in [9.17, 15) is 0 Å². The highest BCUT2D eigenvalue weighted by Crippen LogP contribution is 2.16. The van der Waals surface area contributed by atoms with Crippen LogP contribution < -0.4 is 0 Å². The summed E-state index contributed by atoms with van der Waals surface area (Å²) < 4.78 is 1.87. The molecule has 0 saturated carbocycles. The van der Waals surface area contributed by atoms with E-state index in [-0.39, 0.29) is 0 Å². The molecule has 1 aromatic heterocycles. The molecular weight excluding hydrogens is 254 g/mol. The Morgan fingerprint density at radius 1 is 1.60 bits per heavy atom. The van der Waals surface area contributed by atoms with Gasteiger partial charge in [-0.15, -0.1) is 0 Å². The summed E-state index contributed by atoms with van der Waals surface area (Å²) in [6, 6.07) is 0. The first kappa shape index (κ1) is 11.1. The third-order valence-corrected chi connectivity index (χ3v) is 3.67. The number of hydrogen-bond donors (Lipinski definition) is 0. The van der Waals surface area contributed by atoms with Gasteiger partial charge in [0.15, 0.2) is 0 Å². The zero-order valence-corrected chi connectivity index (χ0v) is 10.8. The second kappa shape index (κ2) is 5.12. The Labute approximate surface area is 99.6 Å². The monoisotopic (exact) mass is 271 g/mol. The van der Waals surface area contributed by atoms with Crippen molar-refractivity contribution in [2.45, 2.75) is 24.1 Å². The molecule has 2 heterocycles. The van der Waals surface area contributed by atoms with E-state index in [1.54, 1.807) is 0 Å². The fourth-order valence-corrected chi connectivity index (χ4v) is 2.82. The van der Waals surface area contributed by atoms with Crippen LogP contribution in [0.15, 0.2) is 12.4 Å². The van der Waals surface area contributed by atoms with Gasteiger partial charge in [0, 0.05) is 31.2 Å². The molecule has 1 aliphatic heterocycles. The molecule has 0 N–H and O–H groups in total. The first-order valence-corrected chi connectivity index (χ1v) is 6.49. The highest BCUT2D eigenvalue weighted by molar-refractivity contribution is 9.09. The average molecular weight is 272 g/mol. The third kappa shape index (κ3) is 3.31. The number of hydrogen-bond acceptors (Lipinski definition) is 2. The molecule has 2 rings (SSSR count). The number of aromatic nitrogens is 2. The molecule has 1 saturated heterocycles. The van der Waals surface area contributed by atoms with E-state index in [4.69, 9.17) is 0 Å². The van der Waals surface area contributed by atoms with Crippen molar-refractivity contribution in [3.8, 4) is 0 Å². The summed E-state index contributed by atoms with van der Waals surface area (Å²) in [4.78, 5) is 3.23. The predicted molar refractivity (Wildman–Crippen MR) is 65.3 cm³/mol. The van der Waals surface area contributed by atoms with Crippen molar-refractivity contribution in [3.63, 3.8) is 0 Å². The zero-order valence-electron chi connectivity index (χ0n) is 9.19. The van der Waals surface area contributed by atoms with Crippen molar-refractivity contribution in [2.24, 2.45) is 7.05 Å². The molecule has 3 nitrogen and oxygen atoms in total. The van der Waals surface area contributed by atoms with Crippen LogP contribution in [0.5, 0.6) is 0 Å². The molecule has 1 unspecified atom stereocenters. The Kier molecular flexibility index (Phi) is 3.81. The Bertz CT molecular complexity index is 311. The maximum atomic E-state index is 4.18. The average Bonchev–Trinajstić information content (AvgIpc) is 2.62. The Morgan fingerprint density at radius 3 is 3.13 bits per heavy atom. The molecule has 0 amide bonds. The Hall–Kier alpha value is -0.350. The van der Waals surface area contributed by atoms with E-state index in [1.165, 1.54) is 31.5 Å². The third-order valence-electron chi connectivity index (χ3n) is 2.92. The maximum absolute atomic E-state index is 4.18. The second-order valence-electron chi connectivity index (χ2n) is 4.31. The molecule has 0 radical (unpaired) electrons. The van der Waals surface area contributed by atoms with Crippen LogP contribution in [0.2, 0.25) is 0 Å². The summed E-state index contributed by atoms with van der Waals surface area (Å²) in [6.07, 6.45) is 7.84. The fraction of sp³-hybridized carbons (Fsp3) is 0.727. The summed E-state index contributed by atoms with van der Waals surface area (Å²) in [7, 11) is 1.97. The lowest BCUT2D eigenvalue weighted by Crippen LogP contribution is -2.36. The second-order valence-corrected chi connectivity index (χ2v) is 5.61. The summed E-state index contributed by atoms with van der Waals surface area (Å²) in [5.74, 6) is 0. The molecule has 0 aliphatic carbocycles. The number of piperidine rings is 1. The van der Waals surface area contributed by atoms with E-state index in [0.29, 0.717) is 4.83 Å².